The summed E-state index contributed by atoms with van der Waals surface area (Å²) in [5, 5.41) is 11.5. The van der Waals surface area contributed by atoms with Crippen LogP contribution in [0.3, 0.4) is 0 Å². The topological polar surface area (TPSA) is 64.9 Å². The molecule has 0 aromatic heterocycles. The monoisotopic (exact) mass is 354 g/mol. The van der Waals surface area contributed by atoms with Crippen molar-refractivity contribution in [2.75, 3.05) is 26.2 Å². The lowest BCUT2D eigenvalue weighted by molar-refractivity contribution is -0.917. The molecule has 1 N–H and O–H groups in total. The zero-order valence-electron chi connectivity index (χ0n) is 15.2. The van der Waals surface area contributed by atoms with E-state index in [1.807, 2.05) is 17.1 Å². The van der Waals surface area contributed by atoms with Gasteiger partial charge in [-0.05, 0) is 25.2 Å². The molecule has 26 heavy (non-hydrogen) atoms. The second-order valence-corrected chi connectivity index (χ2v) is 8.06. The molecule has 1 saturated heterocycles. The van der Waals surface area contributed by atoms with Gasteiger partial charge in [-0.3, -0.25) is 4.79 Å². The Labute approximate surface area is 154 Å². The lowest BCUT2D eigenvalue weighted by Gasteiger charge is -2.37. The number of carboxylic acid groups (broad SMARTS) is 1. The number of hydrogen-bond donors (Lipinski definition) is 1. The normalized spacial score (nSPS) is 30.7. The van der Waals surface area contributed by atoms with Crippen molar-refractivity contribution in [3.05, 3.63) is 47.5 Å². The number of carbonyl (C=O) groups is 2. The van der Waals surface area contributed by atoms with Crippen LogP contribution in [0.15, 0.2) is 36.4 Å². The van der Waals surface area contributed by atoms with Crippen molar-refractivity contribution < 1.29 is 19.6 Å². The fourth-order valence-electron chi connectivity index (χ4n) is 4.91. The van der Waals surface area contributed by atoms with Crippen LogP contribution >= 0.6 is 0 Å². The van der Waals surface area contributed by atoms with E-state index in [1.165, 1.54) is 16.0 Å². The first-order valence-electron chi connectivity index (χ1n) is 9.60. The summed E-state index contributed by atoms with van der Waals surface area (Å²) in [5.41, 5.74) is 2.59. The fourth-order valence-corrected chi connectivity index (χ4v) is 4.91. The number of hydrogen-bond acceptors (Lipinski definition) is 3. The number of piperazine rings is 1. The SMILES string of the molecule is Cc1ccc(C[NH+]2CCN(C(=O)[C@H]3[C@@H](C(=O)[O-])[C@H]4C=C[C@@H]3C4)CC2)cc1. The van der Waals surface area contributed by atoms with Gasteiger partial charge in [0.2, 0.25) is 5.91 Å². The number of amides is 1. The zero-order chi connectivity index (χ0) is 18.3. The summed E-state index contributed by atoms with van der Waals surface area (Å²) in [7, 11) is 0. The Morgan fingerprint density at radius 1 is 1.08 bits per heavy atom. The molecule has 0 radical (unpaired) electrons. The maximum absolute atomic E-state index is 13.0. The molecule has 138 valence electrons. The standard InChI is InChI=1S/C21H26N2O3/c1-14-2-4-15(5-3-14)13-22-8-10-23(11-9-22)20(24)18-16-6-7-17(12-16)19(18)21(25)26/h2-7,16-19H,8-13H2,1H3,(H,25,26)/t16-,17+,18-,19+/m1/s1. The van der Waals surface area contributed by atoms with Crippen LogP contribution in [-0.2, 0) is 16.1 Å². The molecular weight excluding hydrogens is 328 g/mol. The highest BCUT2D eigenvalue weighted by Gasteiger charge is 2.50. The first kappa shape index (κ1) is 17.3. The predicted octanol–water partition coefficient (Wildman–Crippen LogP) is -0.590. The molecule has 3 aliphatic rings. The summed E-state index contributed by atoms with van der Waals surface area (Å²) in [6.45, 7) is 6.29. The maximum atomic E-state index is 13.0. The lowest BCUT2D eigenvalue weighted by Crippen LogP contribution is -3.13. The molecule has 0 unspecified atom stereocenters. The quantitative estimate of drug-likeness (QED) is 0.735. The van der Waals surface area contributed by atoms with Gasteiger partial charge in [0.05, 0.1) is 32.1 Å². The molecule has 0 spiro atoms. The third-order valence-corrected chi connectivity index (χ3v) is 6.37. The lowest BCUT2D eigenvalue weighted by atomic mass is 9.82. The van der Waals surface area contributed by atoms with E-state index in [9.17, 15) is 14.7 Å². The molecule has 2 aliphatic carbocycles. The van der Waals surface area contributed by atoms with Gasteiger partial charge in [0.1, 0.15) is 6.54 Å². The number of aryl methyl sites for hydroxylation is 1. The van der Waals surface area contributed by atoms with Crippen molar-refractivity contribution in [2.24, 2.45) is 23.7 Å². The minimum Gasteiger partial charge on any atom is -0.550 e. The van der Waals surface area contributed by atoms with Crippen LogP contribution in [0.2, 0.25) is 0 Å². The maximum Gasteiger partial charge on any atom is 0.227 e. The van der Waals surface area contributed by atoms with E-state index < -0.39 is 17.8 Å². The summed E-state index contributed by atoms with van der Waals surface area (Å²) in [6, 6.07) is 8.62. The second kappa shape index (κ2) is 6.88. The second-order valence-electron chi connectivity index (χ2n) is 8.06. The number of carbonyl (C=O) groups excluding carboxylic acids is 2. The van der Waals surface area contributed by atoms with Crippen molar-refractivity contribution >= 4 is 11.9 Å². The number of quaternary nitrogens is 1. The summed E-state index contributed by atoms with van der Waals surface area (Å²) in [4.78, 5) is 27.9. The minimum atomic E-state index is -1.07. The number of allylic oxidation sites excluding steroid dienone is 2. The number of carboxylic acids is 1. The fraction of sp³-hybridized carbons (Fsp3) is 0.524. The highest BCUT2D eigenvalue weighted by molar-refractivity contribution is 5.86. The van der Waals surface area contributed by atoms with Crippen molar-refractivity contribution in [1.82, 2.24) is 4.90 Å². The molecular formula is C21H26N2O3. The zero-order valence-corrected chi connectivity index (χ0v) is 15.2. The van der Waals surface area contributed by atoms with Crippen LogP contribution in [0.4, 0.5) is 0 Å². The van der Waals surface area contributed by atoms with E-state index in [-0.39, 0.29) is 17.7 Å². The van der Waals surface area contributed by atoms with Crippen LogP contribution in [0.1, 0.15) is 17.5 Å². The summed E-state index contributed by atoms with van der Waals surface area (Å²) in [6.07, 6.45) is 4.78. The van der Waals surface area contributed by atoms with Crippen LogP contribution in [0.5, 0.6) is 0 Å². The van der Waals surface area contributed by atoms with Gasteiger partial charge in [0.25, 0.3) is 0 Å². The van der Waals surface area contributed by atoms with E-state index in [2.05, 4.69) is 31.2 Å². The molecule has 4 atom stereocenters. The number of aliphatic carboxylic acids is 1. The molecule has 5 heteroatoms. The molecule has 1 amide bonds. The summed E-state index contributed by atoms with van der Waals surface area (Å²) >= 11 is 0. The van der Waals surface area contributed by atoms with Gasteiger partial charge in [-0.15, -0.1) is 0 Å². The highest BCUT2D eigenvalue weighted by atomic mass is 16.4. The Kier molecular flexibility index (Phi) is 4.57. The molecule has 1 aromatic carbocycles. The molecule has 1 saturated carbocycles. The summed E-state index contributed by atoms with van der Waals surface area (Å²) in [5.74, 6) is -2.06. The van der Waals surface area contributed by atoms with Crippen LogP contribution in [0.25, 0.3) is 0 Å². The third-order valence-electron chi connectivity index (χ3n) is 6.37. The van der Waals surface area contributed by atoms with Gasteiger partial charge in [-0.25, -0.2) is 0 Å². The molecule has 2 bridgehead atoms. The minimum absolute atomic E-state index is 0.0189. The van der Waals surface area contributed by atoms with Crippen molar-refractivity contribution in [1.29, 1.82) is 0 Å². The van der Waals surface area contributed by atoms with E-state index >= 15 is 0 Å². The molecule has 1 aromatic rings. The third kappa shape index (κ3) is 3.16. The Balaban J connectivity index is 1.36. The van der Waals surface area contributed by atoms with Gasteiger partial charge in [-0.2, -0.15) is 0 Å². The number of nitrogens with zero attached hydrogens (tertiary/aromatic N) is 1. The van der Waals surface area contributed by atoms with Gasteiger partial charge in [0.15, 0.2) is 0 Å². The number of fused-ring (bicyclic) bond motifs is 2. The van der Waals surface area contributed by atoms with Crippen molar-refractivity contribution in [3.8, 4) is 0 Å². The Morgan fingerprint density at radius 2 is 1.69 bits per heavy atom. The molecule has 4 rings (SSSR count). The van der Waals surface area contributed by atoms with Crippen molar-refractivity contribution in [3.63, 3.8) is 0 Å². The van der Waals surface area contributed by atoms with Crippen LogP contribution in [0, 0.1) is 30.6 Å². The predicted molar refractivity (Wildman–Crippen MR) is 94.9 cm³/mol. The molecule has 5 nitrogen and oxygen atoms in total. The average Bonchev–Trinajstić information content (AvgIpc) is 3.25. The molecule has 1 aliphatic heterocycles. The van der Waals surface area contributed by atoms with Gasteiger partial charge >= 0.3 is 0 Å². The first-order valence-corrected chi connectivity index (χ1v) is 9.60. The summed E-state index contributed by atoms with van der Waals surface area (Å²) < 4.78 is 0. The van der Waals surface area contributed by atoms with Gasteiger partial charge in [0, 0.05) is 17.5 Å². The Bertz CT molecular complexity index is 719. The number of rotatable bonds is 4. The van der Waals surface area contributed by atoms with E-state index in [1.54, 1.807) is 0 Å². The van der Waals surface area contributed by atoms with Crippen molar-refractivity contribution in [2.45, 2.75) is 19.9 Å². The average molecular weight is 354 g/mol. The largest absolute Gasteiger partial charge is 0.550 e. The Morgan fingerprint density at radius 3 is 2.31 bits per heavy atom. The van der Waals surface area contributed by atoms with Gasteiger partial charge < -0.3 is 19.7 Å². The Hall–Kier alpha value is -2.14. The highest BCUT2D eigenvalue weighted by Crippen LogP contribution is 2.48. The smallest absolute Gasteiger partial charge is 0.227 e. The van der Waals surface area contributed by atoms with Gasteiger partial charge in [-0.1, -0.05) is 42.0 Å². The van der Waals surface area contributed by atoms with E-state index in [0.717, 1.165) is 26.1 Å². The number of benzene rings is 1. The molecule has 1 heterocycles. The number of nitrogens with one attached hydrogen (secondary N) is 1. The van der Waals surface area contributed by atoms with E-state index in [0.29, 0.717) is 13.1 Å². The van der Waals surface area contributed by atoms with E-state index in [4.69, 9.17) is 0 Å². The first-order chi connectivity index (χ1) is 12.5. The van der Waals surface area contributed by atoms with Crippen LogP contribution in [-0.4, -0.2) is 43.0 Å². The van der Waals surface area contributed by atoms with Crippen LogP contribution < -0.4 is 10.0 Å². The molecule has 2 fully saturated rings.